The molecule has 1 N–H and O–H groups in total. The molecule has 0 aromatic carbocycles. The summed E-state index contributed by atoms with van der Waals surface area (Å²) in [7, 11) is -0.691. The molecule has 1 heterocycles. The van der Waals surface area contributed by atoms with Gasteiger partial charge in [-0.3, -0.25) is 4.21 Å². The molecule has 14 heavy (non-hydrogen) atoms. The first kappa shape index (κ1) is 12.1. The first-order chi connectivity index (χ1) is 6.59. The minimum Gasteiger partial charge on any atom is -0.315 e. The van der Waals surface area contributed by atoms with Crippen LogP contribution in [-0.2, 0) is 10.8 Å². The minimum atomic E-state index is -0.691. The molecule has 3 nitrogen and oxygen atoms in total. The van der Waals surface area contributed by atoms with Gasteiger partial charge in [0.1, 0.15) is 0 Å². The van der Waals surface area contributed by atoms with E-state index in [0.717, 1.165) is 32.7 Å². The smallest absolute Gasteiger partial charge is 0.0444 e. The van der Waals surface area contributed by atoms with Gasteiger partial charge >= 0.3 is 0 Å². The summed E-state index contributed by atoms with van der Waals surface area (Å²) in [6.45, 7) is 9.70. The Kier molecular flexibility index (Phi) is 5.06. The quantitative estimate of drug-likeness (QED) is 0.739. The topological polar surface area (TPSA) is 32.3 Å². The van der Waals surface area contributed by atoms with Crippen LogP contribution in [0.15, 0.2) is 0 Å². The fourth-order valence-electron chi connectivity index (χ4n) is 1.82. The molecule has 0 aliphatic carbocycles. The third kappa shape index (κ3) is 4.07. The zero-order valence-corrected chi connectivity index (χ0v) is 10.3. The number of hydrogen-bond acceptors (Lipinski definition) is 3. The van der Waals surface area contributed by atoms with E-state index >= 15 is 0 Å². The van der Waals surface area contributed by atoms with Gasteiger partial charge in [-0.25, -0.2) is 0 Å². The van der Waals surface area contributed by atoms with E-state index in [2.05, 4.69) is 24.1 Å². The molecule has 1 aliphatic heterocycles. The van der Waals surface area contributed by atoms with Gasteiger partial charge in [0, 0.05) is 48.5 Å². The molecule has 1 fully saturated rings. The van der Waals surface area contributed by atoms with Gasteiger partial charge in [-0.1, -0.05) is 6.92 Å². The molecule has 1 rings (SSSR count). The van der Waals surface area contributed by atoms with Crippen molar-refractivity contribution in [2.24, 2.45) is 5.92 Å². The molecular weight excluding hydrogens is 196 g/mol. The second-order valence-electron chi connectivity index (χ2n) is 4.38. The summed E-state index contributed by atoms with van der Waals surface area (Å²) in [5.74, 6) is 0.704. The van der Waals surface area contributed by atoms with Crippen LogP contribution < -0.4 is 5.32 Å². The SMILES string of the molecule is CC1CNCCN(CC(C)S(C)=O)C1. The Hall–Kier alpha value is 0.0700. The number of rotatable bonds is 3. The summed E-state index contributed by atoms with van der Waals surface area (Å²) < 4.78 is 11.3. The average Bonchev–Trinajstić information content (AvgIpc) is 2.29. The summed E-state index contributed by atoms with van der Waals surface area (Å²) in [6, 6.07) is 0. The van der Waals surface area contributed by atoms with Crippen LogP contribution >= 0.6 is 0 Å². The summed E-state index contributed by atoms with van der Waals surface area (Å²) in [4.78, 5) is 2.43. The third-order valence-electron chi connectivity index (χ3n) is 2.75. The van der Waals surface area contributed by atoms with E-state index in [1.807, 2.05) is 0 Å². The molecule has 0 amide bonds. The lowest BCUT2D eigenvalue weighted by molar-refractivity contribution is 0.267. The highest BCUT2D eigenvalue weighted by molar-refractivity contribution is 7.84. The van der Waals surface area contributed by atoms with Crippen molar-refractivity contribution in [2.45, 2.75) is 19.1 Å². The second-order valence-corrected chi connectivity index (χ2v) is 6.18. The van der Waals surface area contributed by atoms with Crippen molar-refractivity contribution in [3.8, 4) is 0 Å². The normalized spacial score (nSPS) is 29.5. The zero-order chi connectivity index (χ0) is 10.6. The van der Waals surface area contributed by atoms with Gasteiger partial charge in [0.05, 0.1) is 0 Å². The monoisotopic (exact) mass is 218 g/mol. The number of hydrogen-bond donors (Lipinski definition) is 1. The summed E-state index contributed by atoms with van der Waals surface area (Å²) in [6.07, 6.45) is 1.80. The molecule has 0 aromatic heterocycles. The van der Waals surface area contributed by atoms with Gasteiger partial charge in [-0.05, 0) is 19.4 Å². The number of nitrogens with one attached hydrogen (secondary N) is 1. The molecule has 0 saturated carbocycles. The van der Waals surface area contributed by atoms with Crippen molar-refractivity contribution in [3.05, 3.63) is 0 Å². The minimum absolute atomic E-state index is 0.292. The van der Waals surface area contributed by atoms with Crippen LogP contribution in [0, 0.1) is 5.92 Å². The predicted molar refractivity (Wildman–Crippen MR) is 62.0 cm³/mol. The predicted octanol–water partition coefficient (Wildman–Crippen LogP) is 0.295. The Morgan fingerprint density at radius 3 is 3.00 bits per heavy atom. The van der Waals surface area contributed by atoms with Crippen LogP contribution in [0.5, 0.6) is 0 Å². The summed E-state index contributed by atoms with van der Waals surface area (Å²) >= 11 is 0. The van der Waals surface area contributed by atoms with Crippen molar-refractivity contribution in [3.63, 3.8) is 0 Å². The van der Waals surface area contributed by atoms with Crippen LogP contribution in [-0.4, -0.2) is 53.3 Å². The molecule has 1 saturated heterocycles. The molecular formula is C10H22N2OS. The summed E-state index contributed by atoms with van der Waals surface area (Å²) in [5, 5.41) is 3.70. The highest BCUT2D eigenvalue weighted by Gasteiger charge is 2.17. The summed E-state index contributed by atoms with van der Waals surface area (Å²) in [5.41, 5.74) is 0. The standard InChI is InChI=1S/C10H22N2OS/c1-9-6-11-4-5-12(7-9)8-10(2)14(3)13/h9-11H,4-8H2,1-3H3. The van der Waals surface area contributed by atoms with E-state index in [4.69, 9.17) is 0 Å². The van der Waals surface area contributed by atoms with E-state index in [9.17, 15) is 4.21 Å². The Morgan fingerprint density at radius 2 is 2.36 bits per heavy atom. The highest BCUT2D eigenvalue weighted by atomic mass is 32.2. The van der Waals surface area contributed by atoms with E-state index < -0.39 is 10.8 Å². The molecule has 84 valence electrons. The fraction of sp³-hybridized carbons (Fsp3) is 1.00. The molecule has 0 spiro atoms. The van der Waals surface area contributed by atoms with Gasteiger partial charge in [-0.15, -0.1) is 0 Å². The van der Waals surface area contributed by atoms with Crippen LogP contribution in [0.4, 0.5) is 0 Å². The largest absolute Gasteiger partial charge is 0.315 e. The van der Waals surface area contributed by atoms with Crippen LogP contribution in [0.3, 0.4) is 0 Å². The van der Waals surface area contributed by atoms with E-state index in [1.165, 1.54) is 0 Å². The van der Waals surface area contributed by atoms with E-state index in [0.29, 0.717) is 11.2 Å². The molecule has 3 unspecified atom stereocenters. The Bertz CT molecular complexity index is 199. The van der Waals surface area contributed by atoms with Crippen LogP contribution in [0.1, 0.15) is 13.8 Å². The maximum atomic E-state index is 11.3. The van der Waals surface area contributed by atoms with Crippen LogP contribution in [0.2, 0.25) is 0 Å². The van der Waals surface area contributed by atoms with Crippen molar-refractivity contribution in [1.82, 2.24) is 10.2 Å². The van der Waals surface area contributed by atoms with Gasteiger partial charge in [0.25, 0.3) is 0 Å². The third-order valence-corrected chi connectivity index (χ3v) is 4.03. The average molecular weight is 218 g/mol. The van der Waals surface area contributed by atoms with E-state index in [1.54, 1.807) is 6.26 Å². The first-order valence-corrected chi connectivity index (χ1v) is 6.97. The lowest BCUT2D eigenvalue weighted by Crippen LogP contribution is -2.36. The van der Waals surface area contributed by atoms with Gasteiger partial charge in [-0.2, -0.15) is 0 Å². The second kappa shape index (κ2) is 5.83. The van der Waals surface area contributed by atoms with Gasteiger partial charge in [0.15, 0.2) is 0 Å². The Balaban J connectivity index is 2.38. The lowest BCUT2D eigenvalue weighted by atomic mass is 10.2. The maximum Gasteiger partial charge on any atom is 0.0444 e. The molecule has 1 aliphatic rings. The zero-order valence-electron chi connectivity index (χ0n) is 9.45. The van der Waals surface area contributed by atoms with Gasteiger partial charge in [0.2, 0.25) is 0 Å². The molecule has 0 aromatic rings. The van der Waals surface area contributed by atoms with Crippen molar-refractivity contribution in [2.75, 3.05) is 39.0 Å². The number of nitrogens with zero attached hydrogens (tertiary/aromatic N) is 1. The highest BCUT2D eigenvalue weighted by Crippen LogP contribution is 2.05. The molecule has 3 atom stereocenters. The molecule has 4 heteroatoms. The molecule has 0 radical (unpaired) electrons. The fourth-order valence-corrected chi connectivity index (χ4v) is 2.24. The van der Waals surface area contributed by atoms with Crippen LogP contribution in [0.25, 0.3) is 0 Å². The van der Waals surface area contributed by atoms with Gasteiger partial charge < -0.3 is 10.2 Å². The van der Waals surface area contributed by atoms with Crippen molar-refractivity contribution >= 4 is 10.8 Å². The lowest BCUT2D eigenvalue weighted by Gasteiger charge is -2.24. The Labute approximate surface area is 89.7 Å². The van der Waals surface area contributed by atoms with E-state index in [-0.39, 0.29) is 0 Å². The first-order valence-electron chi connectivity index (χ1n) is 5.35. The maximum absolute atomic E-state index is 11.3. The Morgan fingerprint density at radius 1 is 1.64 bits per heavy atom. The van der Waals surface area contributed by atoms with Crippen molar-refractivity contribution in [1.29, 1.82) is 0 Å². The van der Waals surface area contributed by atoms with Crippen molar-refractivity contribution < 1.29 is 4.21 Å². The molecule has 0 bridgehead atoms.